The fourth-order valence-corrected chi connectivity index (χ4v) is 2.79. The van der Waals surface area contributed by atoms with Crippen molar-refractivity contribution in [3.63, 3.8) is 0 Å². The second kappa shape index (κ2) is 8.84. The standard InChI is InChI=1S/C17H28N4O2/c1-21(12-9-15(18)17(22)23)11-3-2-6-14-8-7-13-5-4-10-19-16(13)20-14/h7-8,15H,2-6,9-12,18H2,1H3,(H,19,20)(H,22,23). The zero-order chi connectivity index (χ0) is 16.7. The van der Waals surface area contributed by atoms with Crippen molar-refractivity contribution in [2.24, 2.45) is 5.73 Å². The number of unbranched alkanes of at least 4 members (excludes halogenated alkanes) is 1. The molecule has 2 rings (SSSR count). The highest BCUT2D eigenvalue weighted by atomic mass is 16.4. The fourth-order valence-electron chi connectivity index (χ4n) is 2.79. The second-order valence-corrected chi connectivity index (χ2v) is 6.33. The average molecular weight is 320 g/mol. The van der Waals surface area contributed by atoms with Crippen LogP contribution in [-0.4, -0.2) is 53.7 Å². The number of anilines is 1. The van der Waals surface area contributed by atoms with E-state index in [1.807, 2.05) is 7.05 Å². The van der Waals surface area contributed by atoms with Gasteiger partial charge in [0.25, 0.3) is 0 Å². The second-order valence-electron chi connectivity index (χ2n) is 6.33. The molecule has 6 heteroatoms. The zero-order valence-electron chi connectivity index (χ0n) is 13.9. The van der Waals surface area contributed by atoms with Gasteiger partial charge in [-0.2, -0.15) is 0 Å². The summed E-state index contributed by atoms with van der Waals surface area (Å²) < 4.78 is 0. The van der Waals surface area contributed by atoms with Gasteiger partial charge in [-0.1, -0.05) is 6.07 Å². The third kappa shape index (κ3) is 5.80. The summed E-state index contributed by atoms with van der Waals surface area (Å²) in [6.45, 7) is 2.69. The van der Waals surface area contributed by atoms with E-state index in [2.05, 4.69) is 22.3 Å². The molecule has 1 atom stereocenters. The Kier molecular flexibility index (Phi) is 6.80. The first-order chi connectivity index (χ1) is 11.1. The number of fused-ring (bicyclic) bond motifs is 1. The molecule has 4 N–H and O–H groups in total. The number of aliphatic carboxylic acids is 1. The van der Waals surface area contributed by atoms with E-state index in [1.54, 1.807) is 0 Å². The van der Waals surface area contributed by atoms with Crippen LogP contribution in [0.25, 0.3) is 0 Å². The molecule has 0 saturated heterocycles. The van der Waals surface area contributed by atoms with Crippen molar-refractivity contribution in [2.45, 2.75) is 44.6 Å². The number of nitrogens with zero attached hydrogens (tertiary/aromatic N) is 2. The first-order valence-electron chi connectivity index (χ1n) is 8.46. The minimum absolute atomic E-state index is 0.490. The summed E-state index contributed by atoms with van der Waals surface area (Å²) in [5.41, 5.74) is 7.99. The Morgan fingerprint density at radius 1 is 1.43 bits per heavy atom. The van der Waals surface area contributed by atoms with Crippen LogP contribution in [0.4, 0.5) is 5.82 Å². The van der Waals surface area contributed by atoms with Gasteiger partial charge in [-0.25, -0.2) is 4.98 Å². The number of aryl methyl sites for hydroxylation is 2. The van der Waals surface area contributed by atoms with Crippen molar-refractivity contribution in [1.82, 2.24) is 9.88 Å². The average Bonchev–Trinajstić information content (AvgIpc) is 2.56. The molecular formula is C17H28N4O2. The number of nitrogens with one attached hydrogen (secondary N) is 1. The van der Waals surface area contributed by atoms with Crippen LogP contribution in [0.15, 0.2) is 12.1 Å². The summed E-state index contributed by atoms with van der Waals surface area (Å²) in [7, 11) is 2.01. The molecule has 1 aliphatic rings. The van der Waals surface area contributed by atoms with Crippen molar-refractivity contribution >= 4 is 11.8 Å². The molecule has 0 aliphatic carbocycles. The van der Waals surface area contributed by atoms with Gasteiger partial charge in [0.1, 0.15) is 11.9 Å². The van der Waals surface area contributed by atoms with Gasteiger partial charge >= 0.3 is 5.97 Å². The predicted octanol–water partition coefficient (Wildman–Crippen LogP) is 1.50. The summed E-state index contributed by atoms with van der Waals surface area (Å²) in [6, 6.07) is 3.58. The maximum Gasteiger partial charge on any atom is 0.320 e. The minimum atomic E-state index is -0.925. The van der Waals surface area contributed by atoms with E-state index >= 15 is 0 Å². The number of hydrogen-bond donors (Lipinski definition) is 3. The maximum absolute atomic E-state index is 10.7. The lowest BCUT2D eigenvalue weighted by Gasteiger charge is -2.18. The van der Waals surface area contributed by atoms with Crippen molar-refractivity contribution in [3.05, 3.63) is 23.4 Å². The molecule has 0 amide bonds. The monoisotopic (exact) mass is 320 g/mol. The highest BCUT2D eigenvalue weighted by Crippen LogP contribution is 2.20. The molecule has 1 aromatic heterocycles. The molecule has 6 nitrogen and oxygen atoms in total. The highest BCUT2D eigenvalue weighted by Gasteiger charge is 2.12. The van der Waals surface area contributed by atoms with Gasteiger partial charge in [-0.05, 0) is 70.3 Å². The molecule has 0 spiro atoms. The third-order valence-corrected chi connectivity index (χ3v) is 4.31. The molecule has 0 saturated carbocycles. The van der Waals surface area contributed by atoms with Gasteiger partial charge in [-0.15, -0.1) is 0 Å². The van der Waals surface area contributed by atoms with Crippen LogP contribution in [0.5, 0.6) is 0 Å². The normalized spacial score (nSPS) is 15.1. The first-order valence-corrected chi connectivity index (χ1v) is 8.46. The lowest BCUT2D eigenvalue weighted by atomic mass is 10.1. The third-order valence-electron chi connectivity index (χ3n) is 4.31. The van der Waals surface area contributed by atoms with Crippen molar-refractivity contribution in [2.75, 3.05) is 32.0 Å². The molecular weight excluding hydrogens is 292 g/mol. The van der Waals surface area contributed by atoms with E-state index in [9.17, 15) is 4.79 Å². The molecule has 128 valence electrons. The topological polar surface area (TPSA) is 91.5 Å². The van der Waals surface area contributed by atoms with E-state index in [4.69, 9.17) is 15.8 Å². The Hall–Kier alpha value is -1.66. The minimum Gasteiger partial charge on any atom is -0.480 e. The van der Waals surface area contributed by atoms with Crippen LogP contribution in [0.2, 0.25) is 0 Å². The van der Waals surface area contributed by atoms with Crippen LogP contribution >= 0.6 is 0 Å². The molecule has 0 radical (unpaired) electrons. The van der Waals surface area contributed by atoms with Gasteiger partial charge in [0.2, 0.25) is 0 Å². The van der Waals surface area contributed by atoms with Crippen LogP contribution in [0.3, 0.4) is 0 Å². The first kappa shape index (κ1) is 17.7. The summed E-state index contributed by atoms with van der Waals surface area (Å²) in [5, 5.41) is 12.1. The van der Waals surface area contributed by atoms with Crippen LogP contribution in [0, 0.1) is 0 Å². The number of carboxylic acid groups (broad SMARTS) is 1. The summed E-state index contributed by atoms with van der Waals surface area (Å²) in [6.07, 6.45) is 5.94. The molecule has 2 heterocycles. The van der Waals surface area contributed by atoms with Crippen LogP contribution < -0.4 is 11.1 Å². The molecule has 23 heavy (non-hydrogen) atoms. The van der Waals surface area contributed by atoms with Gasteiger partial charge < -0.3 is 21.1 Å². The number of carboxylic acids is 1. The lowest BCUT2D eigenvalue weighted by molar-refractivity contribution is -0.138. The number of hydrogen-bond acceptors (Lipinski definition) is 5. The van der Waals surface area contributed by atoms with Gasteiger partial charge in [0.05, 0.1) is 0 Å². The predicted molar refractivity (Wildman–Crippen MR) is 91.7 cm³/mol. The van der Waals surface area contributed by atoms with Gasteiger partial charge in [0.15, 0.2) is 0 Å². The Labute approximate surface area is 138 Å². The number of nitrogens with two attached hydrogens (primary N) is 1. The van der Waals surface area contributed by atoms with Crippen LogP contribution in [-0.2, 0) is 17.6 Å². The van der Waals surface area contributed by atoms with E-state index in [0.717, 1.165) is 50.3 Å². The summed E-state index contributed by atoms with van der Waals surface area (Å²) >= 11 is 0. The van der Waals surface area contributed by atoms with E-state index in [1.165, 1.54) is 12.0 Å². The fraction of sp³-hybridized carbons (Fsp3) is 0.647. The van der Waals surface area contributed by atoms with Crippen LogP contribution in [0.1, 0.15) is 36.9 Å². The van der Waals surface area contributed by atoms with Crippen molar-refractivity contribution in [3.8, 4) is 0 Å². The number of pyridine rings is 1. The summed E-state index contributed by atoms with van der Waals surface area (Å²) in [5.74, 6) is 0.138. The van der Waals surface area contributed by atoms with Crippen molar-refractivity contribution < 1.29 is 9.90 Å². The van der Waals surface area contributed by atoms with Gasteiger partial charge in [-0.3, -0.25) is 4.79 Å². The Bertz CT molecular complexity index is 521. The molecule has 0 fully saturated rings. The molecule has 1 aliphatic heterocycles. The quantitative estimate of drug-likeness (QED) is 0.597. The molecule has 1 unspecified atom stereocenters. The highest BCUT2D eigenvalue weighted by molar-refractivity contribution is 5.72. The van der Waals surface area contributed by atoms with Gasteiger partial charge in [0, 0.05) is 12.2 Å². The molecule has 0 aromatic carbocycles. The smallest absolute Gasteiger partial charge is 0.320 e. The molecule has 1 aromatic rings. The Morgan fingerprint density at radius 2 is 2.26 bits per heavy atom. The number of aromatic nitrogens is 1. The van der Waals surface area contributed by atoms with E-state index in [0.29, 0.717) is 13.0 Å². The SMILES string of the molecule is CN(CCCCc1ccc2c(n1)NCCC2)CCC(N)C(=O)O. The zero-order valence-corrected chi connectivity index (χ0v) is 13.9. The van der Waals surface area contributed by atoms with Crippen molar-refractivity contribution in [1.29, 1.82) is 0 Å². The van der Waals surface area contributed by atoms with E-state index in [-0.39, 0.29) is 0 Å². The summed E-state index contributed by atoms with van der Waals surface area (Å²) in [4.78, 5) is 17.5. The maximum atomic E-state index is 10.7. The Morgan fingerprint density at radius 3 is 3.04 bits per heavy atom. The number of rotatable bonds is 9. The Balaban J connectivity index is 1.64. The number of carbonyl (C=O) groups is 1. The largest absolute Gasteiger partial charge is 0.480 e. The van der Waals surface area contributed by atoms with E-state index < -0.39 is 12.0 Å². The molecule has 0 bridgehead atoms. The lowest BCUT2D eigenvalue weighted by Crippen LogP contribution is -2.34.